The van der Waals surface area contributed by atoms with Crippen molar-refractivity contribution in [1.29, 1.82) is 0 Å². The minimum Gasteiger partial charge on any atom is -0.252 e. The maximum Gasteiger partial charge on any atom is 0.0983 e. The van der Waals surface area contributed by atoms with Crippen molar-refractivity contribution in [3.05, 3.63) is 0 Å². The molecule has 0 aromatic heterocycles. The average Bonchev–Trinajstić information content (AvgIpc) is 2.71. The van der Waals surface area contributed by atoms with Gasteiger partial charge in [0.25, 0.3) is 0 Å². The molecular formula is C25H46O2. The maximum atomic E-state index is 9.63. The van der Waals surface area contributed by atoms with E-state index in [2.05, 4.69) is 13.8 Å². The first-order valence-corrected chi connectivity index (χ1v) is 12.5. The molecule has 2 nitrogen and oxygen atoms in total. The van der Waals surface area contributed by atoms with Crippen LogP contribution >= 0.6 is 0 Å². The molecule has 0 aliphatic heterocycles. The molecule has 1 N–H and O–H groups in total. The first-order valence-electron chi connectivity index (χ1n) is 12.5. The lowest BCUT2D eigenvalue weighted by atomic mass is 9.66. The van der Waals surface area contributed by atoms with Gasteiger partial charge < -0.3 is 0 Å². The van der Waals surface area contributed by atoms with Gasteiger partial charge in [0.2, 0.25) is 0 Å². The van der Waals surface area contributed by atoms with Crippen molar-refractivity contribution in [1.82, 2.24) is 0 Å². The molecule has 2 heteroatoms. The second kappa shape index (κ2) is 11.2. The summed E-state index contributed by atoms with van der Waals surface area (Å²) in [5, 5.41) is 9.63. The van der Waals surface area contributed by atoms with Gasteiger partial charge >= 0.3 is 0 Å². The molecular weight excluding hydrogens is 332 g/mol. The van der Waals surface area contributed by atoms with Crippen molar-refractivity contribution >= 4 is 0 Å². The topological polar surface area (TPSA) is 29.5 Å². The van der Waals surface area contributed by atoms with Gasteiger partial charge in [-0.1, -0.05) is 65.2 Å². The number of hydrogen-bond acceptors (Lipinski definition) is 2. The third-order valence-electron chi connectivity index (χ3n) is 8.70. The fraction of sp³-hybridized carbons (Fsp3) is 1.00. The summed E-state index contributed by atoms with van der Waals surface area (Å²) in [5.41, 5.74) is 0. The summed E-state index contributed by atoms with van der Waals surface area (Å²) >= 11 is 0. The summed E-state index contributed by atoms with van der Waals surface area (Å²) in [6.07, 6.45) is 22.3. The zero-order valence-electron chi connectivity index (χ0n) is 18.2. The minimum absolute atomic E-state index is 0.118. The molecule has 0 aromatic rings. The van der Waals surface area contributed by atoms with Crippen LogP contribution < -0.4 is 0 Å². The van der Waals surface area contributed by atoms with Crippen LogP contribution in [0.4, 0.5) is 0 Å². The van der Waals surface area contributed by atoms with Crippen molar-refractivity contribution in [2.75, 3.05) is 0 Å². The van der Waals surface area contributed by atoms with Gasteiger partial charge in [0.05, 0.1) is 6.10 Å². The molecule has 0 saturated heterocycles. The molecule has 3 rings (SSSR count). The van der Waals surface area contributed by atoms with Crippen molar-refractivity contribution < 1.29 is 10.1 Å². The zero-order chi connectivity index (χ0) is 19.1. The molecule has 0 radical (unpaired) electrons. The van der Waals surface area contributed by atoms with Crippen LogP contribution in [0.3, 0.4) is 0 Å². The highest BCUT2D eigenvalue weighted by molar-refractivity contribution is 4.87. The van der Waals surface area contributed by atoms with Crippen molar-refractivity contribution in [3.63, 3.8) is 0 Å². The molecule has 0 bridgehead atoms. The van der Waals surface area contributed by atoms with E-state index in [1.807, 2.05) is 0 Å². The highest BCUT2D eigenvalue weighted by Gasteiger charge is 2.37. The van der Waals surface area contributed by atoms with E-state index < -0.39 is 0 Å². The van der Waals surface area contributed by atoms with Crippen LogP contribution in [0.25, 0.3) is 0 Å². The Bertz CT molecular complexity index is 385. The first-order chi connectivity index (χ1) is 13.2. The molecule has 0 spiro atoms. The molecule has 1 atom stereocenters. The second-order valence-electron chi connectivity index (χ2n) is 10.5. The van der Waals surface area contributed by atoms with Gasteiger partial charge in [-0.15, -0.1) is 0 Å². The minimum atomic E-state index is 0.118. The molecule has 27 heavy (non-hydrogen) atoms. The van der Waals surface area contributed by atoms with Gasteiger partial charge in [-0.2, -0.15) is 0 Å². The van der Waals surface area contributed by atoms with E-state index in [-0.39, 0.29) is 6.10 Å². The van der Waals surface area contributed by atoms with Gasteiger partial charge in [-0.25, -0.2) is 4.89 Å². The van der Waals surface area contributed by atoms with E-state index >= 15 is 0 Å². The van der Waals surface area contributed by atoms with Crippen LogP contribution in [-0.2, 0) is 4.89 Å². The lowest BCUT2D eigenvalue weighted by Gasteiger charge is -2.41. The van der Waals surface area contributed by atoms with Gasteiger partial charge in [0, 0.05) is 0 Å². The smallest absolute Gasteiger partial charge is 0.0983 e. The second-order valence-corrected chi connectivity index (χ2v) is 10.5. The Labute approximate surface area is 168 Å². The molecule has 0 heterocycles. The van der Waals surface area contributed by atoms with E-state index in [0.29, 0.717) is 11.8 Å². The Balaban J connectivity index is 1.38. The van der Waals surface area contributed by atoms with Crippen LogP contribution in [0.5, 0.6) is 0 Å². The largest absolute Gasteiger partial charge is 0.252 e. The summed E-state index contributed by atoms with van der Waals surface area (Å²) < 4.78 is 0. The van der Waals surface area contributed by atoms with Gasteiger partial charge in [-0.05, 0) is 86.9 Å². The lowest BCUT2D eigenvalue weighted by Crippen LogP contribution is -2.37. The summed E-state index contributed by atoms with van der Waals surface area (Å²) in [4.78, 5) is 5.11. The first kappa shape index (κ1) is 21.6. The Morgan fingerprint density at radius 2 is 1.26 bits per heavy atom. The van der Waals surface area contributed by atoms with Gasteiger partial charge in [0.15, 0.2) is 0 Å². The Morgan fingerprint density at radius 3 is 1.78 bits per heavy atom. The van der Waals surface area contributed by atoms with Crippen LogP contribution in [0.1, 0.15) is 117 Å². The zero-order valence-corrected chi connectivity index (χ0v) is 18.2. The molecule has 3 aliphatic carbocycles. The fourth-order valence-corrected chi connectivity index (χ4v) is 6.75. The summed E-state index contributed by atoms with van der Waals surface area (Å²) in [5.74, 6) is 5.07. The third-order valence-corrected chi connectivity index (χ3v) is 8.70. The standard InChI is InChI=1S/C25H46O2/c1-3-4-5-6-20-9-13-21(14-10-20)22-15-17-24(18-16-22)25(27-26)23-11-7-19(2)8-12-23/h19-26H,3-18H2,1-2H3. The predicted molar refractivity (Wildman–Crippen MR) is 114 cm³/mol. The van der Waals surface area contributed by atoms with Crippen LogP contribution in [0.15, 0.2) is 0 Å². The van der Waals surface area contributed by atoms with E-state index in [1.165, 1.54) is 103 Å². The highest BCUT2D eigenvalue weighted by Crippen LogP contribution is 2.45. The molecule has 3 aliphatic rings. The molecule has 1 unspecified atom stereocenters. The lowest BCUT2D eigenvalue weighted by molar-refractivity contribution is -0.307. The van der Waals surface area contributed by atoms with Gasteiger partial charge in [0.1, 0.15) is 0 Å². The Kier molecular flexibility index (Phi) is 8.97. The Morgan fingerprint density at radius 1 is 0.741 bits per heavy atom. The highest BCUT2D eigenvalue weighted by atomic mass is 17.1. The fourth-order valence-electron chi connectivity index (χ4n) is 6.75. The Hall–Kier alpha value is -0.0800. The van der Waals surface area contributed by atoms with Crippen LogP contribution in [-0.4, -0.2) is 11.4 Å². The number of hydrogen-bond donors (Lipinski definition) is 1. The molecule has 0 aromatic carbocycles. The predicted octanol–water partition coefficient (Wildman–Crippen LogP) is 7.86. The summed E-state index contributed by atoms with van der Waals surface area (Å²) in [7, 11) is 0. The van der Waals surface area contributed by atoms with E-state index in [0.717, 1.165) is 23.7 Å². The van der Waals surface area contributed by atoms with E-state index in [4.69, 9.17) is 4.89 Å². The average molecular weight is 379 g/mol. The number of rotatable bonds is 8. The number of unbranched alkanes of at least 4 members (excludes halogenated alkanes) is 2. The SMILES string of the molecule is CCCCCC1CCC(C2CCC(C(OO)C3CCC(C)CC3)CC2)CC1. The monoisotopic (exact) mass is 378 g/mol. The van der Waals surface area contributed by atoms with Crippen molar-refractivity contribution in [2.24, 2.45) is 35.5 Å². The maximum absolute atomic E-state index is 9.63. The van der Waals surface area contributed by atoms with Crippen molar-refractivity contribution in [2.45, 2.75) is 123 Å². The molecule has 3 fully saturated rings. The molecule has 158 valence electrons. The quantitative estimate of drug-likeness (QED) is 0.264. The van der Waals surface area contributed by atoms with Crippen molar-refractivity contribution in [3.8, 4) is 0 Å². The normalized spacial score (nSPS) is 39.2. The summed E-state index contributed by atoms with van der Waals surface area (Å²) in [6, 6.07) is 0. The van der Waals surface area contributed by atoms with E-state index in [1.54, 1.807) is 0 Å². The molecule has 0 amide bonds. The van der Waals surface area contributed by atoms with E-state index in [9.17, 15) is 5.26 Å². The van der Waals surface area contributed by atoms with Crippen LogP contribution in [0.2, 0.25) is 0 Å². The third kappa shape index (κ3) is 6.20. The van der Waals surface area contributed by atoms with Crippen LogP contribution in [0, 0.1) is 35.5 Å². The molecule has 3 saturated carbocycles. The van der Waals surface area contributed by atoms with Gasteiger partial charge in [-0.3, -0.25) is 5.26 Å². The summed E-state index contributed by atoms with van der Waals surface area (Å²) in [6.45, 7) is 4.68.